The molecule has 2 aliphatic rings. The van der Waals surface area contributed by atoms with E-state index in [2.05, 4.69) is 44.6 Å². The van der Waals surface area contributed by atoms with Gasteiger partial charge in [-0.15, -0.1) is 0 Å². The van der Waals surface area contributed by atoms with E-state index in [1.165, 1.54) is 12.7 Å². The molecular weight excluding hydrogens is 430 g/mol. The van der Waals surface area contributed by atoms with Crippen LogP contribution in [-0.4, -0.2) is 36.8 Å². The Morgan fingerprint density at radius 3 is 2.94 bits per heavy atom. The Hall–Kier alpha value is -3.72. The zero-order valence-corrected chi connectivity index (χ0v) is 19.3. The highest BCUT2D eigenvalue weighted by atomic mass is 16.5. The second kappa shape index (κ2) is 7.95. The first-order valence-corrected chi connectivity index (χ1v) is 11.7. The van der Waals surface area contributed by atoms with Gasteiger partial charge in [-0.2, -0.15) is 5.10 Å². The van der Waals surface area contributed by atoms with E-state index in [4.69, 9.17) is 4.74 Å². The summed E-state index contributed by atoms with van der Waals surface area (Å²) >= 11 is 0. The lowest BCUT2D eigenvalue weighted by Crippen LogP contribution is -2.33. The molecule has 34 heavy (non-hydrogen) atoms. The first kappa shape index (κ1) is 20.9. The first-order valence-electron chi connectivity index (χ1n) is 11.7. The van der Waals surface area contributed by atoms with Crippen molar-refractivity contribution in [3.05, 3.63) is 59.8 Å². The van der Waals surface area contributed by atoms with Crippen molar-refractivity contribution in [1.29, 1.82) is 0 Å². The van der Waals surface area contributed by atoms with E-state index < -0.39 is 0 Å². The molecule has 6 rings (SSSR count). The number of fused-ring (bicyclic) bond motifs is 2. The fourth-order valence-electron chi connectivity index (χ4n) is 4.84. The van der Waals surface area contributed by atoms with E-state index in [-0.39, 0.29) is 11.4 Å². The smallest absolute Gasteiger partial charge is 0.331 e. The van der Waals surface area contributed by atoms with Gasteiger partial charge in [0.2, 0.25) is 5.88 Å². The highest BCUT2D eigenvalue weighted by molar-refractivity contribution is 5.98. The molecule has 0 saturated heterocycles. The van der Waals surface area contributed by atoms with Gasteiger partial charge in [-0.25, -0.2) is 14.8 Å². The SMILES string of the molecule is CC1Cc2c(ncnc2Oc2ccc3c(ccn3C(=O)Nc3cc(C4(C)CCC4)[nH]n3)c2)CN1. The van der Waals surface area contributed by atoms with Crippen LogP contribution in [0.2, 0.25) is 0 Å². The summed E-state index contributed by atoms with van der Waals surface area (Å²) in [5, 5.41) is 14.6. The second-order valence-corrected chi connectivity index (χ2v) is 9.61. The van der Waals surface area contributed by atoms with Crippen LogP contribution >= 0.6 is 0 Å². The number of nitrogens with zero attached hydrogens (tertiary/aromatic N) is 4. The van der Waals surface area contributed by atoms with Gasteiger partial charge < -0.3 is 10.1 Å². The molecule has 1 saturated carbocycles. The molecule has 1 fully saturated rings. The van der Waals surface area contributed by atoms with Crippen LogP contribution in [0.5, 0.6) is 11.6 Å². The number of H-pyrrole nitrogens is 1. The monoisotopic (exact) mass is 457 g/mol. The number of hydrogen-bond donors (Lipinski definition) is 3. The third-order valence-corrected chi connectivity index (χ3v) is 7.14. The van der Waals surface area contributed by atoms with Gasteiger partial charge in [-0.1, -0.05) is 13.3 Å². The molecule has 1 aliphatic carbocycles. The summed E-state index contributed by atoms with van der Waals surface area (Å²) in [7, 11) is 0. The van der Waals surface area contributed by atoms with Crippen molar-refractivity contribution >= 4 is 22.8 Å². The molecule has 3 aromatic heterocycles. The molecule has 4 aromatic rings. The fourth-order valence-corrected chi connectivity index (χ4v) is 4.84. The van der Waals surface area contributed by atoms with Gasteiger partial charge in [-0.3, -0.25) is 15.0 Å². The lowest BCUT2D eigenvalue weighted by Gasteiger charge is -2.37. The molecule has 0 radical (unpaired) electrons. The molecule has 1 amide bonds. The van der Waals surface area contributed by atoms with E-state index in [9.17, 15) is 4.79 Å². The maximum Gasteiger partial charge on any atom is 0.331 e. The van der Waals surface area contributed by atoms with Gasteiger partial charge in [0, 0.05) is 46.9 Å². The minimum absolute atomic E-state index is 0.143. The van der Waals surface area contributed by atoms with Gasteiger partial charge in [0.05, 0.1) is 11.2 Å². The van der Waals surface area contributed by atoms with Crippen LogP contribution in [0.3, 0.4) is 0 Å². The summed E-state index contributed by atoms with van der Waals surface area (Å²) < 4.78 is 7.73. The Morgan fingerprint density at radius 2 is 2.12 bits per heavy atom. The molecule has 1 unspecified atom stereocenters. The van der Waals surface area contributed by atoms with Gasteiger partial charge >= 0.3 is 6.03 Å². The third-order valence-electron chi connectivity index (χ3n) is 7.14. The van der Waals surface area contributed by atoms with Crippen LogP contribution in [-0.2, 0) is 18.4 Å². The average Bonchev–Trinajstić information content (AvgIpc) is 3.45. The number of carbonyl (C=O) groups excluding carboxylic acids is 1. The van der Waals surface area contributed by atoms with Gasteiger partial charge in [0.1, 0.15) is 12.1 Å². The fraction of sp³-hybridized carbons (Fsp3) is 0.360. The quantitative estimate of drug-likeness (QED) is 0.416. The Morgan fingerprint density at radius 1 is 1.24 bits per heavy atom. The average molecular weight is 458 g/mol. The standard InChI is InChI=1S/C25H27N7O2/c1-15-10-18-19(13-26-15)27-14-28-23(18)34-17-4-5-20-16(11-17)6-9-32(20)24(33)29-22-12-21(30-31-22)25(2)7-3-8-25/h4-6,9,11-12,14-15,26H,3,7-8,10,13H2,1-2H3,(H2,29,30,31,33). The lowest BCUT2D eigenvalue weighted by atomic mass is 9.68. The largest absolute Gasteiger partial charge is 0.439 e. The normalized spacial score (nSPS) is 18.8. The number of carbonyl (C=O) groups is 1. The second-order valence-electron chi connectivity index (χ2n) is 9.61. The van der Waals surface area contributed by atoms with E-state index in [0.717, 1.165) is 47.1 Å². The van der Waals surface area contributed by atoms with Crippen LogP contribution in [0, 0.1) is 0 Å². The Labute approximate surface area is 196 Å². The predicted octanol–water partition coefficient (Wildman–Crippen LogP) is 4.50. The number of benzene rings is 1. The van der Waals surface area contributed by atoms with Crippen molar-refractivity contribution in [2.45, 2.75) is 57.5 Å². The van der Waals surface area contributed by atoms with Crippen LogP contribution in [0.25, 0.3) is 10.9 Å². The number of nitrogens with one attached hydrogen (secondary N) is 3. The number of anilines is 1. The number of hydrogen-bond acceptors (Lipinski definition) is 6. The van der Waals surface area contributed by atoms with Crippen LogP contribution in [0.4, 0.5) is 10.6 Å². The van der Waals surface area contributed by atoms with Crippen LogP contribution in [0.1, 0.15) is 50.1 Å². The number of aromatic nitrogens is 5. The Kier molecular flexibility index (Phi) is 4.88. The molecule has 3 N–H and O–H groups in total. The molecule has 9 heteroatoms. The zero-order valence-electron chi connectivity index (χ0n) is 19.3. The summed E-state index contributed by atoms with van der Waals surface area (Å²) in [5.74, 6) is 1.79. The molecule has 1 aliphatic heterocycles. The first-order chi connectivity index (χ1) is 16.5. The highest BCUT2D eigenvalue weighted by Crippen LogP contribution is 2.42. The summed E-state index contributed by atoms with van der Waals surface area (Å²) in [6.45, 7) is 5.07. The number of amides is 1. The van der Waals surface area contributed by atoms with E-state index >= 15 is 0 Å². The molecule has 0 spiro atoms. The summed E-state index contributed by atoms with van der Waals surface area (Å²) in [6, 6.07) is 9.58. The van der Waals surface area contributed by atoms with Crippen molar-refractivity contribution in [2.75, 3.05) is 5.32 Å². The minimum atomic E-state index is -0.258. The molecule has 0 bridgehead atoms. The molecule has 1 atom stereocenters. The zero-order chi connectivity index (χ0) is 23.3. The maximum absolute atomic E-state index is 12.9. The van der Waals surface area contributed by atoms with Crippen molar-refractivity contribution in [1.82, 2.24) is 30.0 Å². The van der Waals surface area contributed by atoms with Crippen molar-refractivity contribution < 1.29 is 9.53 Å². The Balaban J connectivity index is 1.21. The van der Waals surface area contributed by atoms with E-state index in [0.29, 0.717) is 30.0 Å². The topological polar surface area (TPSA) is 110 Å². The molecule has 4 heterocycles. The van der Waals surface area contributed by atoms with Crippen molar-refractivity contribution in [3.63, 3.8) is 0 Å². The summed E-state index contributed by atoms with van der Waals surface area (Å²) in [4.78, 5) is 21.7. The number of rotatable bonds is 4. The Bertz CT molecular complexity index is 1390. The van der Waals surface area contributed by atoms with E-state index in [1.807, 2.05) is 30.3 Å². The predicted molar refractivity (Wildman–Crippen MR) is 128 cm³/mol. The molecule has 1 aromatic carbocycles. The van der Waals surface area contributed by atoms with Crippen molar-refractivity contribution in [3.8, 4) is 11.6 Å². The van der Waals surface area contributed by atoms with E-state index in [1.54, 1.807) is 10.8 Å². The minimum Gasteiger partial charge on any atom is -0.439 e. The summed E-state index contributed by atoms with van der Waals surface area (Å²) in [6.07, 6.45) is 7.63. The molecule has 174 valence electrons. The van der Waals surface area contributed by atoms with Gasteiger partial charge in [0.25, 0.3) is 0 Å². The molecule has 9 nitrogen and oxygen atoms in total. The highest BCUT2D eigenvalue weighted by Gasteiger charge is 2.35. The molecular formula is C25H27N7O2. The van der Waals surface area contributed by atoms with Gasteiger partial charge in [0.15, 0.2) is 5.82 Å². The number of aromatic amines is 1. The lowest BCUT2D eigenvalue weighted by molar-refractivity contribution is 0.254. The summed E-state index contributed by atoms with van der Waals surface area (Å²) in [5.41, 5.74) is 4.02. The van der Waals surface area contributed by atoms with Crippen molar-refractivity contribution in [2.24, 2.45) is 0 Å². The third kappa shape index (κ3) is 3.62. The maximum atomic E-state index is 12.9. The van der Waals surface area contributed by atoms with Crippen LogP contribution < -0.4 is 15.4 Å². The number of ether oxygens (including phenoxy) is 1. The van der Waals surface area contributed by atoms with Crippen LogP contribution in [0.15, 0.2) is 42.9 Å². The van der Waals surface area contributed by atoms with Gasteiger partial charge in [-0.05, 0) is 50.5 Å².